The average molecular weight is 250 g/mol. The van der Waals surface area contributed by atoms with Crippen LogP contribution in [0.25, 0.3) is 10.8 Å². The zero-order valence-corrected chi connectivity index (χ0v) is 10.6. The highest BCUT2D eigenvalue weighted by Crippen LogP contribution is 2.30. The largest absolute Gasteiger partial charge is 0.495 e. The van der Waals surface area contributed by atoms with Gasteiger partial charge in [0.1, 0.15) is 5.75 Å². The fourth-order valence-electron chi connectivity index (χ4n) is 2.12. The normalized spacial score (nSPS) is 10.4. The Morgan fingerprint density at radius 1 is 0.947 bits per heavy atom. The molecule has 0 amide bonds. The van der Waals surface area contributed by atoms with Gasteiger partial charge in [-0.1, -0.05) is 24.3 Å². The number of nitrogens with one attached hydrogen (secondary N) is 1. The second kappa shape index (κ2) is 4.98. The van der Waals surface area contributed by atoms with Gasteiger partial charge in [-0.2, -0.15) is 0 Å². The standard InChI is InChI=1S/C16H14N2O/c1-19-16-8-3-2-6-15(16)18-14-7-4-5-12-9-10-17-11-13(12)14/h2-11,18H,1H3. The number of fused-ring (bicyclic) bond motifs is 1. The van der Waals surface area contributed by atoms with E-state index in [0.29, 0.717) is 0 Å². The molecule has 0 unspecified atom stereocenters. The van der Waals surface area contributed by atoms with Crippen LogP contribution in [0.15, 0.2) is 60.9 Å². The van der Waals surface area contributed by atoms with E-state index in [2.05, 4.69) is 16.4 Å². The van der Waals surface area contributed by atoms with Gasteiger partial charge in [0.15, 0.2) is 0 Å². The Morgan fingerprint density at radius 3 is 2.68 bits per heavy atom. The molecule has 1 aromatic heterocycles. The molecule has 0 saturated heterocycles. The maximum atomic E-state index is 5.35. The number of nitrogens with zero attached hydrogens (tertiary/aromatic N) is 1. The summed E-state index contributed by atoms with van der Waals surface area (Å²) in [6, 6.07) is 16.0. The van der Waals surface area contributed by atoms with Crippen LogP contribution in [0.5, 0.6) is 5.75 Å². The number of anilines is 2. The van der Waals surface area contributed by atoms with Crippen molar-refractivity contribution in [3.63, 3.8) is 0 Å². The summed E-state index contributed by atoms with van der Waals surface area (Å²) < 4.78 is 5.35. The SMILES string of the molecule is COc1ccccc1Nc1cccc2ccncc12. The van der Waals surface area contributed by atoms with E-state index in [4.69, 9.17) is 4.74 Å². The molecule has 2 aromatic carbocycles. The van der Waals surface area contributed by atoms with Crippen molar-refractivity contribution in [2.75, 3.05) is 12.4 Å². The maximum absolute atomic E-state index is 5.35. The number of hydrogen-bond donors (Lipinski definition) is 1. The smallest absolute Gasteiger partial charge is 0.142 e. The molecule has 0 aliphatic carbocycles. The molecule has 3 rings (SSSR count). The summed E-state index contributed by atoms with van der Waals surface area (Å²) in [7, 11) is 1.67. The van der Waals surface area contributed by atoms with E-state index >= 15 is 0 Å². The van der Waals surface area contributed by atoms with Gasteiger partial charge in [-0.25, -0.2) is 0 Å². The van der Waals surface area contributed by atoms with Crippen LogP contribution in [0.1, 0.15) is 0 Å². The first-order valence-corrected chi connectivity index (χ1v) is 6.11. The van der Waals surface area contributed by atoms with Crippen LogP contribution in [0.3, 0.4) is 0 Å². The Kier molecular flexibility index (Phi) is 3.02. The van der Waals surface area contributed by atoms with E-state index in [1.54, 1.807) is 13.3 Å². The number of hydrogen-bond acceptors (Lipinski definition) is 3. The third-order valence-corrected chi connectivity index (χ3v) is 3.06. The van der Waals surface area contributed by atoms with Gasteiger partial charge in [0.25, 0.3) is 0 Å². The lowest BCUT2D eigenvalue weighted by atomic mass is 10.1. The minimum Gasteiger partial charge on any atom is -0.495 e. The first kappa shape index (κ1) is 11.5. The summed E-state index contributed by atoms with van der Waals surface area (Å²) in [5.41, 5.74) is 1.97. The minimum absolute atomic E-state index is 0.823. The molecule has 3 aromatic rings. The number of methoxy groups -OCH3 is 1. The molecule has 1 N–H and O–H groups in total. The summed E-state index contributed by atoms with van der Waals surface area (Å²) in [4.78, 5) is 4.19. The van der Waals surface area contributed by atoms with E-state index in [-0.39, 0.29) is 0 Å². The predicted octanol–water partition coefficient (Wildman–Crippen LogP) is 3.99. The van der Waals surface area contributed by atoms with Crippen molar-refractivity contribution < 1.29 is 4.74 Å². The Bertz CT molecular complexity index is 704. The van der Waals surface area contributed by atoms with Crippen LogP contribution in [0.2, 0.25) is 0 Å². The summed E-state index contributed by atoms with van der Waals surface area (Å²) in [6.07, 6.45) is 3.67. The molecule has 0 spiro atoms. The first-order chi connectivity index (χ1) is 9.38. The number of pyridine rings is 1. The fraction of sp³-hybridized carbons (Fsp3) is 0.0625. The molecule has 0 atom stereocenters. The topological polar surface area (TPSA) is 34.1 Å². The zero-order chi connectivity index (χ0) is 13.1. The third-order valence-electron chi connectivity index (χ3n) is 3.06. The zero-order valence-electron chi connectivity index (χ0n) is 10.6. The van der Waals surface area contributed by atoms with E-state index in [1.807, 2.05) is 48.7 Å². The van der Waals surface area contributed by atoms with Crippen molar-refractivity contribution >= 4 is 22.1 Å². The van der Waals surface area contributed by atoms with Gasteiger partial charge in [-0.3, -0.25) is 4.98 Å². The van der Waals surface area contributed by atoms with Crippen LogP contribution in [0.4, 0.5) is 11.4 Å². The van der Waals surface area contributed by atoms with Gasteiger partial charge in [-0.15, -0.1) is 0 Å². The van der Waals surface area contributed by atoms with Gasteiger partial charge < -0.3 is 10.1 Å². The van der Waals surface area contributed by atoms with Gasteiger partial charge >= 0.3 is 0 Å². The average Bonchev–Trinajstić information content (AvgIpc) is 2.48. The Labute approximate surface area is 111 Å². The lowest BCUT2D eigenvalue weighted by Crippen LogP contribution is -1.95. The van der Waals surface area contributed by atoms with Crippen LogP contribution in [0, 0.1) is 0 Å². The Balaban J connectivity index is 2.06. The highest BCUT2D eigenvalue weighted by atomic mass is 16.5. The second-order valence-electron chi connectivity index (χ2n) is 4.23. The molecule has 1 heterocycles. The highest BCUT2D eigenvalue weighted by Gasteiger charge is 2.04. The number of ether oxygens (including phenoxy) is 1. The predicted molar refractivity (Wildman–Crippen MR) is 78.0 cm³/mol. The first-order valence-electron chi connectivity index (χ1n) is 6.11. The van der Waals surface area contributed by atoms with E-state index in [0.717, 1.165) is 27.9 Å². The van der Waals surface area contributed by atoms with Crippen molar-refractivity contribution in [2.24, 2.45) is 0 Å². The third kappa shape index (κ3) is 2.22. The van der Waals surface area contributed by atoms with E-state index < -0.39 is 0 Å². The van der Waals surface area contributed by atoms with Crippen molar-refractivity contribution in [3.8, 4) is 5.75 Å². The summed E-state index contributed by atoms with van der Waals surface area (Å²) in [5.74, 6) is 0.823. The minimum atomic E-state index is 0.823. The molecule has 0 saturated carbocycles. The molecule has 94 valence electrons. The summed E-state index contributed by atoms with van der Waals surface area (Å²) in [5, 5.41) is 5.66. The number of benzene rings is 2. The van der Waals surface area contributed by atoms with Crippen molar-refractivity contribution in [3.05, 3.63) is 60.9 Å². The van der Waals surface area contributed by atoms with Gasteiger partial charge in [0.05, 0.1) is 12.8 Å². The number of rotatable bonds is 3. The van der Waals surface area contributed by atoms with Crippen LogP contribution < -0.4 is 10.1 Å². The molecule has 0 aliphatic rings. The number of para-hydroxylation sites is 2. The van der Waals surface area contributed by atoms with Crippen molar-refractivity contribution in [2.45, 2.75) is 0 Å². The van der Waals surface area contributed by atoms with Crippen LogP contribution in [-0.2, 0) is 0 Å². The lowest BCUT2D eigenvalue weighted by molar-refractivity contribution is 0.417. The summed E-state index contributed by atoms with van der Waals surface area (Å²) >= 11 is 0. The van der Waals surface area contributed by atoms with Gasteiger partial charge in [0, 0.05) is 23.5 Å². The van der Waals surface area contributed by atoms with Crippen molar-refractivity contribution in [1.82, 2.24) is 4.98 Å². The molecule has 3 nitrogen and oxygen atoms in total. The molecule has 19 heavy (non-hydrogen) atoms. The van der Waals surface area contributed by atoms with Crippen LogP contribution in [-0.4, -0.2) is 12.1 Å². The Morgan fingerprint density at radius 2 is 1.79 bits per heavy atom. The second-order valence-corrected chi connectivity index (χ2v) is 4.23. The Hall–Kier alpha value is -2.55. The fourth-order valence-corrected chi connectivity index (χ4v) is 2.12. The monoisotopic (exact) mass is 250 g/mol. The number of aromatic nitrogens is 1. The molecule has 0 bridgehead atoms. The van der Waals surface area contributed by atoms with Gasteiger partial charge in [0.2, 0.25) is 0 Å². The van der Waals surface area contributed by atoms with E-state index in [9.17, 15) is 0 Å². The highest BCUT2D eigenvalue weighted by molar-refractivity contribution is 5.95. The molecule has 3 heteroatoms. The maximum Gasteiger partial charge on any atom is 0.142 e. The lowest BCUT2D eigenvalue weighted by Gasteiger charge is -2.12. The molecular formula is C16H14N2O. The molecule has 0 radical (unpaired) electrons. The molecule has 0 aliphatic heterocycles. The van der Waals surface area contributed by atoms with Crippen molar-refractivity contribution in [1.29, 1.82) is 0 Å². The molecular weight excluding hydrogens is 236 g/mol. The molecule has 0 fully saturated rings. The summed E-state index contributed by atoms with van der Waals surface area (Å²) in [6.45, 7) is 0. The van der Waals surface area contributed by atoms with Gasteiger partial charge in [-0.05, 0) is 29.7 Å². The van der Waals surface area contributed by atoms with E-state index in [1.165, 1.54) is 0 Å². The van der Waals surface area contributed by atoms with Crippen LogP contribution >= 0.6 is 0 Å². The quantitative estimate of drug-likeness (QED) is 0.763.